The lowest BCUT2D eigenvalue weighted by atomic mass is 10.1. The summed E-state index contributed by atoms with van der Waals surface area (Å²) in [6.07, 6.45) is 2.36. The van der Waals surface area contributed by atoms with E-state index in [2.05, 4.69) is 20.5 Å². The molecule has 1 fully saturated rings. The Morgan fingerprint density at radius 1 is 1.33 bits per heavy atom. The molecular weight excluding hydrogens is 461 g/mol. The van der Waals surface area contributed by atoms with E-state index < -0.39 is 0 Å². The van der Waals surface area contributed by atoms with Crippen molar-refractivity contribution in [1.29, 1.82) is 0 Å². The number of nitrogens with zero attached hydrogens (tertiary/aromatic N) is 3. The topological polar surface area (TPSA) is 92.0 Å². The summed E-state index contributed by atoms with van der Waals surface area (Å²) in [6.45, 7) is 8.57. The zero-order valence-corrected chi connectivity index (χ0v) is 18.3. The minimum Gasteiger partial charge on any atom is -0.378 e. The van der Waals surface area contributed by atoms with Gasteiger partial charge in [0, 0.05) is 38.9 Å². The fourth-order valence-corrected chi connectivity index (χ4v) is 3.03. The van der Waals surface area contributed by atoms with E-state index in [-0.39, 0.29) is 34.6 Å². The van der Waals surface area contributed by atoms with E-state index in [1.807, 2.05) is 13.8 Å². The SMILES string of the molecule is CCNC(=NCCNc1ccccc1[N+](=O)[O-])N1CCC(OCC)CC1.I. The molecule has 0 aliphatic carbocycles. The number of hydrogen-bond donors (Lipinski definition) is 2. The molecule has 1 aliphatic rings. The van der Waals surface area contributed by atoms with Gasteiger partial charge in [-0.25, -0.2) is 0 Å². The number of rotatable bonds is 8. The summed E-state index contributed by atoms with van der Waals surface area (Å²) < 4.78 is 5.70. The van der Waals surface area contributed by atoms with Crippen molar-refractivity contribution in [2.24, 2.45) is 4.99 Å². The number of benzene rings is 1. The van der Waals surface area contributed by atoms with Crippen LogP contribution < -0.4 is 10.6 Å². The number of piperidine rings is 1. The van der Waals surface area contributed by atoms with Gasteiger partial charge in [0.25, 0.3) is 5.69 Å². The molecule has 1 aromatic rings. The number of nitro groups is 1. The Labute approximate surface area is 177 Å². The van der Waals surface area contributed by atoms with Crippen LogP contribution in [-0.2, 0) is 4.74 Å². The van der Waals surface area contributed by atoms with Crippen LogP contribution in [0.5, 0.6) is 0 Å². The first-order valence-corrected chi connectivity index (χ1v) is 9.27. The molecule has 2 N–H and O–H groups in total. The predicted molar refractivity (Wildman–Crippen MR) is 119 cm³/mol. The fourth-order valence-electron chi connectivity index (χ4n) is 3.03. The van der Waals surface area contributed by atoms with Gasteiger partial charge in [0.1, 0.15) is 5.69 Å². The van der Waals surface area contributed by atoms with Gasteiger partial charge in [-0.05, 0) is 32.8 Å². The Morgan fingerprint density at radius 3 is 2.67 bits per heavy atom. The second-order valence-electron chi connectivity index (χ2n) is 6.08. The Bertz CT molecular complexity index is 606. The van der Waals surface area contributed by atoms with E-state index in [0.717, 1.165) is 45.0 Å². The number of nitro benzene ring substituents is 1. The van der Waals surface area contributed by atoms with E-state index in [1.165, 1.54) is 6.07 Å². The van der Waals surface area contributed by atoms with Crippen LogP contribution in [0.25, 0.3) is 0 Å². The summed E-state index contributed by atoms with van der Waals surface area (Å²) in [6, 6.07) is 6.66. The minimum absolute atomic E-state index is 0. The zero-order chi connectivity index (χ0) is 18.8. The van der Waals surface area contributed by atoms with Crippen molar-refractivity contribution in [1.82, 2.24) is 10.2 Å². The molecule has 1 saturated heterocycles. The van der Waals surface area contributed by atoms with Gasteiger partial charge >= 0.3 is 0 Å². The molecule has 0 saturated carbocycles. The molecule has 1 heterocycles. The number of para-hydroxylation sites is 2. The van der Waals surface area contributed by atoms with E-state index >= 15 is 0 Å². The summed E-state index contributed by atoms with van der Waals surface area (Å²) in [5.41, 5.74) is 0.608. The van der Waals surface area contributed by atoms with E-state index in [9.17, 15) is 10.1 Å². The number of likely N-dealkylation sites (tertiary alicyclic amines) is 1. The van der Waals surface area contributed by atoms with E-state index in [4.69, 9.17) is 4.74 Å². The van der Waals surface area contributed by atoms with Crippen molar-refractivity contribution in [2.75, 3.05) is 44.6 Å². The number of aliphatic imine (C=N–C) groups is 1. The van der Waals surface area contributed by atoms with Crippen molar-refractivity contribution in [3.05, 3.63) is 34.4 Å². The molecule has 0 bridgehead atoms. The maximum absolute atomic E-state index is 11.0. The number of anilines is 1. The molecule has 0 unspecified atom stereocenters. The first-order valence-electron chi connectivity index (χ1n) is 9.27. The van der Waals surface area contributed by atoms with Gasteiger partial charge in [0.05, 0.1) is 17.6 Å². The summed E-state index contributed by atoms with van der Waals surface area (Å²) >= 11 is 0. The Morgan fingerprint density at radius 2 is 2.04 bits per heavy atom. The second-order valence-corrected chi connectivity index (χ2v) is 6.08. The molecule has 2 rings (SSSR count). The number of halogens is 1. The van der Waals surface area contributed by atoms with Gasteiger partial charge in [-0.2, -0.15) is 0 Å². The molecule has 8 nitrogen and oxygen atoms in total. The van der Waals surface area contributed by atoms with Crippen LogP contribution in [0.15, 0.2) is 29.3 Å². The molecule has 0 radical (unpaired) electrons. The van der Waals surface area contributed by atoms with Gasteiger partial charge < -0.3 is 20.3 Å². The van der Waals surface area contributed by atoms with E-state index in [1.54, 1.807) is 18.2 Å². The third-order valence-electron chi connectivity index (χ3n) is 4.27. The van der Waals surface area contributed by atoms with Gasteiger partial charge in [-0.15, -0.1) is 24.0 Å². The second kappa shape index (κ2) is 12.7. The van der Waals surface area contributed by atoms with Crippen LogP contribution >= 0.6 is 24.0 Å². The molecule has 0 aromatic heterocycles. The lowest BCUT2D eigenvalue weighted by Gasteiger charge is -2.34. The number of hydrogen-bond acceptors (Lipinski definition) is 5. The van der Waals surface area contributed by atoms with Crippen LogP contribution in [0, 0.1) is 10.1 Å². The van der Waals surface area contributed by atoms with Crippen LogP contribution in [0.2, 0.25) is 0 Å². The van der Waals surface area contributed by atoms with Crippen LogP contribution in [0.1, 0.15) is 26.7 Å². The highest BCUT2D eigenvalue weighted by Gasteiger charge is 2.21. The molecule has 0 atom stereocenters. The molecular formula is C18H30IN5O3. The Kier molecular flexibility index (Phi) is 11.0. The zero-order valence-electron chi connectivity index (χ0n) is 16.0. The lowest BCUT2D eigenvalue weighted by Crippen LogP contribution is -2.47. The van der Waals surface area contributed by atoms with Crippen molar-refractivity contribution >= 4 is 41.3 Å². The molecule has 0 amide bonds. The highest BCUT2D eigenvalue weighted by molar-refractivity contribution is 14.0. The molecule has 1 aromatic carbocycles. The van der Waals surface area contributed by atoms with Crippen molar-refractivity contribution in [3.8, 4) is 0 Å². The third kappa shape index (κ3) is 7.49. The normalized spacial score (nSPS) is 15.2. The molecule has 27 heavy (non-hydrogen) atoms. The van der Waals surface area contributed by atoms with Gasteiger partial charge in [0.15, 0.2) is 5.96 Å². The summed E-state index contributed by atoms with van der Waals surface area (Å²) in [5.74, 6) is 0.895. The average molecular weight is 491 g/mol. The molecule has 1 aliphatic heterocycles. The Hall–Kier alpha value is -1.62. The monoisotopic (exact) mass is 491 g/mol. The summed E-state index contributed by atoms with van der Waals surface area (Å²) in [5, 5.41) is 17.5. The first kappa shape index (κ1) is 23.4. The van der Waals surface area contributed by atoms with Gasteiger partial charge in [-0.3, -0.25) is 15.1 Å². The maximum Gasteiger partial charge on any atom is 0.292 e. The van der Waals surface area contributed by atoms with Crippen molar-refractivity contribution in [3.63, 3.8) is 0 Å². The van der Waals surface area contributed by atoms with Crippen LogP contribution in [-0.4, -0.2) is 61.2 Å². The quantitative estimate of drug-likeness (QED) is 0.145. The Balaban J connectivity index is 0.00000364. The number of nitrogens with one attached hydrogen (secondary N) is 2. The highest BCUT2D eigenvalue weighted by Crippen LogP contribution is 2.22. The molecule has 152 valence electrons. The molecule has 0 spiro atoms. The lowest BCUT2D eigenvalue weighted by molar-refractivity contribution is -0.384. The molecule has 9 heteroatoms. The van der Waals surface area contributed by atoms with Crippen molar-refractivity contribution in [2.45, 2.75) is 32.8 Å². The predicted octanol–water partition coefficient (Wildman–Crippen LogP) is 3.09. The summed E-state index contributed by atoms with van der Waals surface area (Å²) in [4.78, 5) is 17.6. The van der Waals surface area contributed by atoms with E-state index in [0.29, 0.717) is 24.9 Å². The highest BCUT2D eigenvalue weighted by atomic mass is 127. The first-order chi connectivity index (χ1) is 12.7. The van der Waals surface area contributed by atoms with Crippen LogP contribution in [0.3, 0.4) is 0 Å². The van der Waals surface area contributed by atoms with Gasteiger partial charge in [0.2, 0.25) is 0 Å². The van der Waals surface area contributed by atoms with Crippen LogP contribution in [0.4, 0.5) is 11.4 Å². The average Bonchev–Trinajstić information content (AvgIpc) is 2.65. The number of ether oxygens (including phenoxy) is 1. The third-order valence-corrected chi connectivity index (χ3v) is 4.27. The largest absolute Gasteiger partial charge is 0.378 e. The standard InChI is InChI=1S/C18H29N5O3.HI/c1-3-19-18(22-13-9-15(10-14-22)26-4-2)21-12-11-20-16-7-5-6-8-17(16)23(24)25;/h5-8,15,20H,3-4,9-14H2,1-2H3,(H,19,21);1H. The van der Waals surface area contributed by atoms with Gasteiger partial charge in [-0.1, -0.05) is 12.1 Å². The summed E-state index contributed by atoms with van der Waals surface area (Å²) in [7, 11) is 0. The minimum atomic E-state index is -0.377. The number of guanidine groups is 1. The van der Waals surface area contributed by atoms with Crippen molar-refractivity contribution < 1.29 is 9.66 Å². The smallest absolute Gasteiger partial charge is 0.292 e. The fraction of sp³-hybridized carbons (Fsp3) is 0.611. The maximum atomic E-state index is 11.0.